The SMILES string of the molecule is Cc1ccc(-c2csc3nc(SCC(=O)N(C)Cc4ccco4)n(C)c(=O)c23)cc1C. The molecule has 4 aromatic rings. The Morgan fingerprint density at radius 1 is 1.26 bits per heavy atom. The summed E-state index contributed by atoms with van der Waals surface area (Å²) < 4.78 is 6.83. The number of hydrogen-bond donors (Lipinski definition) is 0. The molecule has 0 radical (unpaired) electrons. The van der Waals surface area contributed by atoms with Crippen LogP contribution in [0.1, 0.15) is 16.9 Å². The number of carbonyl (C=O) groups excluding carboxylic acids is 1. The summed E-state index contributed by atoms with van der Waals surface area (Å²) in [7, 11) is 3.44. The van der Waals surface area contributed by atoms with Crippen molar-refractivity contribution in [2.45, 2.75) is 25.5 Å². The first-order valence-electron chi connectivity index (χ1n) is 9.80. The fourth-order valence-corrected chi connectivity index (χ4v) is 5.17. The molecule has 0 bridgehead atoms. The van der Waals surface area contributed by atoms with Gasteiger partial charge in [0.2, 0.25) is 5.91 Å². The molecule has 0 aliphatic heterocycles. The summed E-state index contributed by atoms with van der Waals surface area (Å²) in [6.45, 7) is 4.54. The molecule has 6 nitrogen and oxygen atoms in total. The Morgan fingerprint density at radius 2 is 2.06 bits per heavy atom. The number of furan rings is 1. The molecule has 0 saturated heterocycles. The summed E-state index contributed by atoms with van der Waals surface area (Å²) in [5.74, 6) is 0.862. The minimum absolute atomic E-state index is 0.0576. The largest absolute Gasteiger partial charge is 0.467 e. The number of carbonyl (C=O) groups is 1. The quantitative estimate of drug-likeness (QED) is 0.315. The number of aromatic nitrogens is 2. The third kappa shape index (κ3) is 4.31. The highest BCUT2D eigenvalue weighted by molar-refractivity contribution is 7.99. The first kappa shape index (κ1) is 21.4. The molecule has 0 unspecified atom stereocenters. The molecule has 1 amide bonds. The minimum Gasteiger partial charge on any atom is -0.467 e. The van der Waals surface area contributed by atoms with Crippen LogP contribution in [0, 0.1) is 13.8 Å². The van der Waals surface area contributed by atoms with Crippen LogP contribution in [0.25, 0.3) is 21.3 Å². The van der Waals surface area contributed by atoms with Crippen LogP contribution in [0.15, 0.2) is 56.3 Å². The van der Waals surface area contributed by atoms with Gasteiger partial charge in [0.15, 0.2) is 5.16 Å². The van der Waals surface area contributed by atoms with E-state index in [0.717, 1.165) is 16.9 Å². The van der Waals surface area contributed by atoms with Crippen LogP contribution in [-0.4, -0.2) is 33.2 Å². The standard InChI is InChI=1S/C23H23N3O3S2/c1-14-7-8-16(10-15(14)2)18-12-30-21-20(18)22(28)26(4)23(24-21)31-13-19(27)25(3)11-17-6-5-9-29-17/h5-10,12H,11,13H2,1-4H3. The Hall–Kier alpha value is -2.84. The lowest BCUT2D eigenvalue weighted by atomic mass is 10.0. The van der Waals surface area contributed by atoms with Gasteiger partial charge in [-0.15, -0.1) is 11.3 Å². The first-order chi connectivity index (χ1) is 14.8. The normalized spacial score (nSPS) is 11.2. The second-order valence-electron chi connectivity index (χ2n) is 7.50. The summed E-state index contributed by atoms with van der Waals surface area (Å²) in [4.78, 5) is 32.6. The van der Waals surface area contributed by atoms with Gasteiger partial charge >= 0.3 is 0 Å². The Kier molecular flexibility index (Phi) is 6.02. The molecule has 31 heavy (non-hydrogen) atoms. The van der Waals surface area contributed by atoms with Gasteiger partial charge in [-0.2, -0.15) is 0 Å². The van der Waals surface area contributed by atoms with Crippen molar-refractivity contribution < 1.29 is 9.21 Å². The fraction of sp³-hybridized carbons (Fsp3) is 0.261. The number of aryl methyl sites for hydroxylation is 2. The van der Waals surface area contributed by atoms with E-state index in [1.165, 1.54) is 38.8 Å². The lowest BCUT2D eigenvalue weighted by molar-refractivity contribution is -0.127. The Balaban J connectivity index is 1.57. The van der Waals surface area contributed by atoms with E-state index < -0.39 is 0 Å². The average molecular weight is 454 g/mol. The second-order valence-corrected chi connectivity index (χ2v) is 9.31. The molecule has 160 valence electrons. The van der Waals surface area contributed by atoms with E-state index in [2.05, 4.69) is 31.0 Å². The summed E-state index contributed by atoms with van der Waals surface area (Å²) in [5, 5.41) is 3.15. The highest BCUT2D eigenvalue weighted by Gasteiger charge is 2.18. The number of thioether (sulfide) groups is 1. The molecule has 0 fully saturated rings. The number of nitrogens with zero attached hydrogens (tertiary/aromatic N) is 3. The highest BCUT2D eigenvalue weighted by Crippen LogP contribution is 2.33. The predicted molar refractivity (Wildman–Crippen MR) is 126 cm³/mol. The average Bonchev–Trinajstić information content (AvgIpc) is 3.41. The van der Waals surface area contributed by atoms with Crippen molar-refractivity contribution in [3.05, 3.63) is 69.2 Å². The Bertz CT molecular complexity index is 1310. The van der Waals surface area contributed by atoms with Gasteiger partial charge in [0.1, 0.15) is 10.6 Å². The molecule has 0 atom stereocenters. The van der Waals surface area contributed by atoms with Crippen molar-refractivity contribution in [1.29, 1.82) is 0 Å². The first-order valence-corrected chi connectivity index (χ1v) is 11.7. The maximum absolute atomic E-state index is 13.2. The van der Waals surface area contributed by atoms with Crippen molar-refractivity contribution in [3.8, 4) is 11.1 Å². The second kappa shape index (κ2) is 8.72. The molecular formula is C23H23N3O3S2. The van der Waals surface area contributed by atoms with Crippen LogP contribution in [0.3, 0.4) is 0 Å². The zero-order valence-corrected chi connectivity index (χ0v) is 19.5. The summed E-state index contributed by atoms with van der Waals surface area (Å²) in [6.07, 6.45) is 1.59. The van der Waals surface area contributed by atoms with Gasteiger partial charge in [-0.1, -0.05) is 30.0 Å². The van der Waals surface area contributed by atoms with Gasteiger partial charge in [-0.05, 0) is 42.7 Å². The van der Waals surface area contributed by atoms with E-state index in [9.17, 15) is 9.59 Å². The Morgan fingerprint density at radius 3 is 2.77 bits per heavy atom. The third-order valence-corrected chi connectivity index (χ3v) is 7.20. The third-order valence-electron chi connectivity index (χ3n) is 5.32. The number of rotatable bonds is 6. The number of thiophene rings is 1. The Labute approximate surface area is 188 Å². The molecule has 1 aromatic carbocycles. The summed E-state index contributed by atoms with van der Waals surface area (Å²) in [6, 6.07) is 9.84. The molecule has 0 spiro atoms. The minimum atomic E-state index is -0.0987. The number of benzene rings is 1. The zero-order chi connectivity index (χ0) is 22.1. The van der Waals surface area contributed by atoms with E-state index in [4.69, 9.17) is 4.42 Å². The van der Waals surface area contributed by atoms with Crippen LogP contribution in [-0.2, 0) is 18.4 Å². The number of hydrogen-bond acceptors (Lipinski definition) is 6. The van der Waals surface area contributed by atoms with Crippen LogP contribution in [0.4, 0.5) is 0 Å². The molecule has 0 aliphatic carbocycles. The zero-order valence-electron chi connectivity index (χ0n) is 17.8. The van der Waals surface area contributed by atoms with Gasteiger partial charge in [0.25, 0.3) is 5.56 Å². The number of amides is 1. The molecular weight excluding hydrogens is 430 g/mol. The van der Waals surface area contributed by atoms with Crippen LogP contribution >= 0.6 is 23.1 Å². The molecule has 3 heterocycles. The van der Waals surface area contributed by atoms with Gasteiger partial charge in [-0.3, -0.25) is 14.2 Å². The molecule has 8 heteroatoms. The number of fused-ring (bicyclic) bond motifs is 1. The van der Waals surface area contributed by atoms with Gasteiger partial charge in [0.05, 0.1) is 23.9 Å². The van der Waals surface area contributed by atoms with Crippen LogP contribution in [0.2, 0.25) is 0 Å². The van der Waals surface area contributed by atoms with E-state index in [1.807, 2.05) is 17.5 Å². The molecule has 0 N–H and O–H groups in total. The van der Waals surface area contributed by atoms with Crippen molar-refractivity contribution in [2.24, 2.45) is 7.05 Å². The monoisotopic (exact) mass is 453 g/mol. The maximum Gasteiger partial charge on any atom is 0.263 e. The lowest BCUT2D eigenvalue weighted by Gasteiger charge is -2.15. The van der Waals surface area contributed by atoms with E-state index in [1.54, 1.807) is 31.3 Å². The van der Waals surface area contributed by atoms with Crippen LogP contribution < -0.4 is 5.56 Å². The molecule has 0 aliphatic rings. The van der Waals surface area contributed by atoms with Crippen molar-refractivity contribution in [3.63, 3.8) is 0 Å². The van der Waals surface area contributed by atoms with Crippen molar-refractivity contribution >= 4 is 39.2 Å². The smallest absolute Gasteiger partial charge is 0.263 e. The summed E-state index contributed by atoms with van der Waals surface area (Å²) in [5.41, 5.74) is 4.23. The molecule has 0 saturated carbocycles. The lowest BCUT2D eigenvalue weighted by Crippen LogP contribution is -2.28. The molecule has 3 aromatic heterocycles. The van der Waals surface area contributed by atoms with E-state index in [-0.39, 0.29) is 17.2 Å². The molecule has 4 rings (SSSR count). The van der Waals surface area contributed by atoms with Gasteiger partial charge in [-0.25, -0.2) is 4.98 Å². The van der Waals surface area contributed by atoms with Crippen molar-refractivity contribution in [1.82, 2.24) is 14.5 Å². The van der Waals surface area contributed by atoms with Crippen LogP contribution in [0.5, 0.6) is 0 Å². The van der Waals surface area contributed by atoms with Gasteiger partial charge < -0.3 is 9.32 Å². The fourth-order valence-electron chi connectivity index (χ4n) is 3.26. The summed E-state index contributed by atoms with van der Waals surface area (Å²) >= 11 is 2.72. The highest BCUT2D eigenvalue weighted by atomic mass is 32.2. The maximum atomic E-state index is 13.2. The predicted octanol–water partition coefficient (Wildman–Crippen LogP) is 4.62. The van der Waals surface area contributed by atoms with Crippen molar-refractivity contribution in [2.75, 3.05) is 12.8 Å². The van der Waals surface area contributed by atoms with Gasteiger partial charge in [0, 0.05) is 25.0 Å². The van der Waals surface area contributed by atoms with E-state index >= 15 is 0 Å². The van der Waals surface area contributed by atoms with E-state index in [0.29, 0.717) is 21.9 Å². The topological polar surface area (TPSA) is 68.3 Å².